The van der Waals surface area contributed by atoms with Crippen molar-refractivity contribution in [2.45, 2.75) is 194 Å². The summed E-state index contributed by atoms with van der Waals surface area (Å²) in [4.78, 5) is 37.6. The van der Waals surface area contributed by atoms with Crippen LogP contribution < -0.4 is 0 Å². The van der Waals surface area contributed by atoms with Gasteiger partial charge < -0.3 is 14.2 Å². The highest BCUT2D eigenvalue weighted by Crippen LogP contribution is 2.12. The number of hydrogen-bond donors (Lipinski definition) is 0. The van der Waals surface area contributed by atoms with Gasteiger partial charge in [0, 0.05) is 12.8 Å². The smallest absolute Gasteiger partial charge is 0.309 e. The minimum absolute atomic E-state index is 0.124. The summed E-state index contributed by atoms with van der Waals surface area (Å²) in [6.45, 7) is 6.24. The van der Waals surface area contributed by atoms with Gasteiger partial charge in [-0.3, -0.25) is 14.4 Å². The fourth-order valence-corrected chi connectivity index (χ4v) is 5.65. The lowest BCUT2D eigenvalue weighted by Crippen LogP contribution is -2.30. The van der Waals surface area contributed by atoms with Crippen molar-refractivity contribution in [1.29, 1.82) is 0 Å². The van der Waals surface area contributed by atoms with Crippen LogP contribution in [0.5, 0.6) is 0 Å². The first-order valence-corrected chi connectivity index (χ1v) is 22.1. The summed E-state index contributed by atoms with van der Waals surface area (Å²) in [7, 11) is 0. The van der Waals surface area contributed by atoms with Crippen LogP contribution in [0.15, 0.2) is 85.1 Å². The van der Waals surface area contributed by atoms with Gasteiger partial charge in [0.2, 0.25) is 0 Å². The maximum Gasteiger partial charge on any atom is 0.309 e. The van der Waals surface area contributed by atoms with Gasteiger partial charge in [0.05, 0.1) is 6.42 Å². The average molecular weight is 765 g/mol. The van der Waals surface area contributed by atoms with Crippen LogP contribution in [0, 0.1) is 0 Å². The van der Waals surface area contributed by atoms with Crippen LogP contribution in [0.25, 0.3) is 0 Å². The molecule has 0 heterocycles. The molecule has 6 heteroatoms. The molecule has 0 aromatic rings. The number of carbonyl (C=O) groups is 3. The largest absolute Gasteiger partial charge is 0.462 e. The predicted molar refractivity (Wildman–Crippen MR) is 233 cm³/mol. The standard InChI is InChI=1S/C49H80O6/c1-4-7-10-13-16-19-21-23-24-25-26-28-30-33-36-39-42-48(51)54-45-46(44-53-47(50)41-38-35-32-29-18-15-12-9-6-3)55-49(52)43-40-37-34-31-27-22-20-17-14-11-8-5-2/h8-9,11-12,17-18,20,24-26,28-29,35,38,46H,4-7,10,13-16,19,21-23,27,30-34,36-37,39-45H2,1-3H3/b11-8-,12-9-,20-17-,25-24-,28-26-,29-18-,38-35-. The fraction of sp³-hybridized carbons (Fsp3) is 0.653. The molecule has 0 fully saturated rings. The first kappa shape index (κ1) is 51.6. The molecule has 55 heavy (non-hydrogen) atoms. The molecule has 1 atom stereocenters. The lowest BCUT2D eigenvalue weighted by Gasteiger charge is -2.18. The highest BCUT2D eigenvalue weighted by Gasteiger charge is 2.19. The van der Waals surface area contributed by atoms with Crippen LogP contribution >= 0.6 is 0 Å². The molecule has 0 saturated carbocycles. The SMILES string of the molecule is CC/C=C\C/C=C\C/C=C\CC(=O)OCC(COC(=O)CCCCC/C=C\C=C/CCCCCCCCC)OC(=O)CCCCCCC/C=C\C/C=C\CC. The molecule has 0 aromatic heterocycles. The summed E-state index contributed by atoms with van der Waals surface area (Å²) in [5, 5.41) is 0. The van der Waals surface area contributed by atoms with E-state index in [1.54, 1.807) is 6.08 Å². The minimum atomic E-state index is -0.827. The van der Waals surface area contributed by atoms with Gasteiger partial charge in [-0.25, -0.2) is 0 Å². The van der Waals surface area contributed by atoms with E-state index in [9.17, 15) is 14.4 Å². The highest BCUT2D eigenvalue weighted by atomic mass is 16.6. The van der Waals surface area contributed by atoms with E-state index in [-0.39, 0.29) is 38.0 Å². The van der Waals surface area contributed by atoms with Crippen molar-refractivity contribution in [3.8, 4) is 0 Å². The summed E-state index contributed by atoms with van der Waals surface area (Å²) in [5.41, 5.74) is 0. The maximum absolute atomic E-state index is 12.7. The molecule has 0 rings (SSSR count). The van der Waals surface area contributed by atoms with E-state index >= 15 is 0 Å². The van der Waals surface area contributed by atoms with E-state index in [0.717, 1.165) is 103 Å². The Balaban J connectivity index is 4.49. The number of rotatable bonds is 38. The van der Waals surface area contributed by atoms with Gasteiger partial charge >= 0.3 is 17.9 Å². The van der Waals surface area contributed by atoms with Gasteiger partial charge in [0.25, 0.3) is 0 Å². The van der Waals surface area contributed by atoms with Crippen molar-refractivity contribution in [2.24, 2.45) is 0 Å². The first-order chi connectivity index (χ1) is 27.0. The Morgan fingerprint density at radius 2 is 0.836 bits per heavy atom. The second-order valence-corrected chi connectivity index (χ2v) is 14.2. The van der Waals surface area contributed by atoms with Crippen LogP contribution in [0.1, 0.15) is 188 Å². The highest BCUT2D eigenvalue weighted by molar-refractivity contribution is 5.72. The number of esters is 3. The molecule has 0 aliphatic heterocycles. The van der Waals surface area contributed by atoms with Gasteiger partial charge in [-0.2, -0.15) is 0 Å². The monoisotopic (exact) mass is 765 g/mol. The lowest BCUT2D eigenvalue weighted by molar-refractivity contribution is -0.166. The summed E-state index contributed by atoms with van der Waals surface area (Å²) in [5.74, 6) is -1.10. The number of carbonyl (C=O) groups excluding carboxylic acids is 3. The Kier molecular flexibility index (Phi) is 40.6. The molecule has 0 bridgehead atoms. The quantitative estimate of drug-likeness (QED) is 0.0205. The Morgan fingerprint density at radius 3 is 1.40 bits per heavy atom. The number of unbranched alkanes of at least 4 members (excludes halogenated alkanes) is 15. The summed E-state index contributed by atoms with van der Waals surface area (Å²) in [6, 6.07) is 0. The lowest BCUT2D eigenvalue weighted by atomic mass is 10.1. The van der Waals surface area contributed by atoms with Crippen molar-refractivity contribution in [3.63, 3.8) is 0 Å². The van der Waals surface area contributed by atoms with Crippen molar-refractivity contribution in [1.82, 2.24) is 0 Å². The van der Waals surface area contributed by atoms with Crippen molar-refractivity contribution >= 4 is 17.9 Å². The Bertz CT molecular complexity index is 1110. The topological polar surface area (TPSA) is 78.9 Å². The zero-order chi connectivity index (χ0) is 40.1. The third-order valence-electron chi connectivity index (χ3n) is 8.93. The van der Waals surface area contributed by atoms with Crippen molar-refractivity contribution < 1.29 is 28.6 Å². The normalized spacial score (nSPS) is 12.9. The zero-order valence-electron chi connectivity index (χ0n) is 35.4. The van der Waals surface area contributed by atoms with E-state index in [4.69, 9.17) is 14.2 Å². The molecule has 0 aliphatic rings. The maximum atomic E-state index is 12.7. The molecule has 6 nitrogen and oxygen atoms in total. The predicted octanol–water partition coefficient (Wildman–Crippen LogP) is 14.1. The van der Waals surface area contributed by atoms with Crippen LogP contribution in [-0.4, -0.2) is 37.2 Å². The van der Waals surface area contributed by atoms with Crippen LogP contribution in [-0.2, 0) is 28.6 Å². The summed E-state index contributed by atoms with van der Waals surface area (Å²) < 4.78 is 16.5. The summed E-state index contributed by atoms with van der Waals surface area (Å²) in [6.07, 6.45) is 54.6. The van der Waals surface area contributed by atoms with Gasteiger partial charge in [-0.15, -0.1) is 0 Å². The second-order valence-electron chi connectivity index (χ2n) is 14.2. The van der Waals surface area contributed by atoms with E-state index in [1.807, 2.05) is 6.08 Å². The average Bonchev–Trinajstić information content (AvgIpc) is 3.18. The third-order valence-corrected chi connectivity index (χ3v) is 8.93. The Labute approximate surface area is 337 Å². The van der Waals surface area contributed by atoms with E-state index in [1.165, 1.54) is 44.9 Å². The van der Waals surface area contributed by atoms with Crippen LogP contribution in [0.3, 0.4) is 0 Å². The van der Waals surface area contributed by atoms with Crippen LogP contribution in [0.4, 0.5) is 0 Å². The molecule has 312 valence electrons. The summed E-state index contributed by atoms with van der Waals surface area (Å²) >= 11 is 0. The first-order valence-electron chi connectivity index (χ1n) is 22.1. The molecule has 1 unspecified atom stereocenters. The molecule has 0 radical (unpaired) electrons. The molecular formula is C49H80O6. The van der Waals surface area contributed by atoms with Gasteiger partial charge in [-0.1, -0.05) is 170 Å². The third kappa shape index (κ3) is 41.6. The van der Waals surface area contributed by atoms with Gasteiger partial charge in [-0.05, 0) is 83.5 Å². The molecule has 0 N–H and O–H groups in total. The number of hydrogen-bond acceptors (Lipinski definition) is 6. The van der Waals surface area contributed by atoms with E-state index in [2.05, 4.69) is 93.7 Å². The Hall–Kier alpha value is -3.41. The van der Waals surface area contributed by atoms with Crippen molar-refractivity contribution in [3.05, 3.63) is 85.1 Å². The number of allylic oxidation sites excluding steroid dienone is 13. The van der Waals surface area contributed by atoms with E-state index in [0.29, 0.717) is 6.42 Å². The molecule has 0 aromatic carbocycles. The molecule has 0 aliphatic carbocycles. The number of ether oxygens (including phenoxy) is 3. The second kappa shape index (κ2) is 43.3. The molecule has 0 saturated heterocycles. The fourth-order valence-electron chi connectivity index (χ4n) is 5.65. The zero-order valence-corrected chi connectivity index (χ0v) is 35.4. The van der Waals surface area contributed by atoms with Crippen molar-refractivity contribution in [2.75, 3.05) is 13.2 Å². The molecular weight excluding hydrogens is 685 g/mol. The Morgan fingerprint density at radius 1 is 0.418 bits per heavy atom. The molecule has 0 spiro atoms. The molecule has 0 amide bonds. The van der Waals surface area contributed by atoms with Gasteiger partial charge in [0.15, 0.2) is 6.10 Å². The van der Waals surface area contributed by atoms with Crippen LogP contribution in [0.2, 0.25) is 0 Å². The van der Waals surface area contributed by atoms with Gasteiger partial charge in [0.1, 0.15) is 13.2 Å². The minimum Gasteiger partial charge on any atom is -0.462 e. The van der Waals surface area contributed by atoms with E-state index < -0.39 is 12.1 Å².